The Bertz CT molecular complexity index is 284. The van der Waals surface area contributed by atoms with Gasteiger partial charge in [0.15, 0.2) is 0 Å². The Morgan fingerprint density at radius 3 is 1.50 bits per heavy atom. The summed E-state index contributed by atoms with van der Waals surface area (Å²) < 4.78 is 0. The van der Waals surface area contributed by atoms with Gasteiger partial charge in [0.05, 0.1) is 24.6 Å². The van der Waals surface area contributed by atoms with E-state index in [1.54, 1.807) is 0 Å². The molecule has 0 aliphatic carbocycles. The van der Waals surface area contributed by atoms with Gasteiger partial charge in [-0.3, -0.25) is 0 Å². The average molecular weight is 340 g/mol. The monoisotopic (exact) mass is 340 g/mol. The van der Waals surface area contributed by atoms with Gasteiger partial charge in [0.2, 0.25) is 0 Å². The van der Waals surface area contributed by atoms with Crippen LogP contribution in [0.25, 0.3) is 0 Å². The van der Waals surface area contributed by atoms with Crippen molar-refractivity contribution in [3.8, 4) is 0 Å². The molecule has 0 saturated carbocycles. The maximum absolute atomic E-state index is 9.98. The van der Waals surface area contributed by atoms with E-state index in [0.29, 0.717) is 0 Å². The Labute approximate surface area is 124 Å². The minimum Gasteiger partial charge on any atom is -0.547 e. The standard InChI is InChI=1S/C6H12O7.C3H6O3.Fe/c7-1-2(8)3(9)4(10)5(11)6(12)13;1-2(4)3(5)6;/h2-5,7-11H,1H2,(H,12,13);2,4H,1H3,(H,5,6);/q;;+2/p-2/t2-,3-,4+,5-;;/m1../s1. The Hall–Kier alpha value is -0.781. The second kappa shape index (κ2) is 12.0. The second-order valence-electron chi connectivity index (χ2n) is 3.49. The van der Waals surface area contributed by atoms with Crippen molar-refractivity contribution >= 4 is 11.9 Å². The average Bonchev–Trinajstić information content (AvgIpc) is 2.35. The van der Waals surface area contributed by atoms with Crippen molar-refractivity contribution < 1.29 is 67.5 Å². The Morgan fingerprint density at radius 1 is 0.950 bits per heavy atom. The summed E-state index contributed by atoms with van der Waals surface area (Å²) in [6.45, 7) is 0.271. The van der Waals surface area contributed by atoms with E-state index in [9.17, 15) is 19.8 Å². The van der Waals surface area contributed by atoms with Gasteiger partial charge in [-0.1, -0.05) is 0 Å². The first-order chi connectivity index (χ1) is 8.56. The van der Waals surface area contributed by atoms with E-state index >= 15 is 0 Å². The molecule has 0 aromatic carbocycles. The summed E-state index contributed by atoms with van der Waals surface area (Å²) in [6, 6.07) is 0. The zero-order valence-corrected chi connectivity index (χ0v) is 11.4. The summed E-state index contributed by atoms with van der Waals surface area (Å²) in [5.41, 5.74) is 0. The minimum atomic E-state index is -2.31. The van der Waals surface area contributed by atoms with Crippen molar-refractivity contribution in [3.05, 3.63) is 0 Å². The molecule has 0 rings (SSSR count). The first-order valence-corrected chi connectivity index (χ1v) is 4.99. The van der Waals surface area contributed by atoms with Gasteiger partial charge in [0.1, 0.15) is 24.4 Å². The van der Waals surface area contributed by atoms with Crippen LogP contribution in [0.2, 0.25) is 0 Å². The molecule has 0 heterocycles. The van der Waals surface area contributed by atoms with Gasteiger partial charge in [-0.25, -0.2) is 0 Å². The van der Waals surface area contributed by atoms with E-state index in [2.05, 4.69) is 0 Å². The number of carboxylic acids is 2. The molecule has 0 aliphatic heterocycles. The number of aliphatic hydroxyl groups excluding tert-OH is 6. The fourth-order valence-corrected chi connectivity index (χ4v) is 0.662. The second-order valence-corrected chi connectivity index (χ2v) is 3.49. The molecule has 0 aliphatic rings. The van der Waals surface area contributed by atoms with Crippen LogP contribution in [0.15, 0.2) is 0 Å². The molecular weight excluding hydrogens is 324 g/mol. The van der Waals surface area contributed by atoms with Gasteiger partial charge in [-0.2, -0.15) is 0 Å². The zero-order chi connectivity index (χ0) is 15.7. The molecule has 0 radical (unpaired) electrons. The molecule has 0 bridgehead atoms. The zero-order valence-electron chi connectivity index (χ0n) is 10.3. The number of rotatable bonds is 6. The van der Waals surface area contributed by atoms with Crippen molar-refractivity contribution in [2.75, 3.05) is 6.61 Å². The molecule has 0 aromatic heterocycles. The number of carboxylic acid groups (broad SMARTS) is 2. The summed E-state index contributed by atoms with van der Waals surface area (Å²) in [7, 11) is 0. The predicted molar refractivity (Wildman–Crippen MR) is 52.8 cm³/mol. The number of hydrogen-bond acceptors (Lipinski definition) is 10. The fraction of sp³-hybridized carbons (Fsp3) is 0.778. The number of aliphatic carboxylic acids is 2. The van der Waals surface area contributed by atoms with Crippen molar-refractivity contribution in [3.63, 3.8) is 0 Å². The largest absolute Gasteiger partial charge is 2.00 e. The summed E-state index contributed by atoms with van der Waals surface area (Å²) in [5.74, 6) is -3.41. The molecule has 5 atom stereocenters. The molecule has 0 aromatic rings. The fourth-order valence-electron chi connectivity index (χ4n) is 0.662. The molecular formula is C9H16FeO10. The maximum atomic E-state index is 9.98. The normalized spacial score (nSPS) is 17.4. The van der Waals surface area contributed by atoms with Gasteiger partial charge >= 0.3 is 17.1 Å². The summed E-state index contributed by atoms with van der Waals surface area (Å²) in [5, 5.41) is 70.7. The first kappa shape index (κ1) is 24.3. The molecule has 0 spiro atoms. The van der Waals surface area contributed by atoms with Crippen molar-refractivity contribution in [1.82, 2.24) is 0 Å². The quantitative estimate of drug-likeness (QED) is 0.252. The molecule has 6 N–H and O–H groups in total. The first-order valence-electron chi connectivity index (χ1n) is 4.99. The van der Waals surface area contributed by atoms with Crippen LogP contribution in [0.5, 0.6) is 0 Å². The number of carbonyl (C=O) groups is 2. The topological polar surface area (TPSA) is 202 Å². The van der Waals surface area contributed by atoms with E-state index in [1.807, 2.05) is 0 Å². The van der Waals surface area contributed by atoms with E-state index in [1.165, 1.54) is 0 Å². The Balaban J connectivity index is -0.000000352. The number of hydrogen-bond donors (Lipinski definition) is 6. The SMILES string of the molecule is CC(O)C(=O)[O-].O=C([O-])[C@H](O)[C@@H](O)[C@H](O)[C@H](O)CO.[Fe+2]. The number of aliphatic hydroxyl groups is 6. The van der Waals surface area contributed by atoms with Crippen LogP contribution in [0.1, 0.15) is 6.92 Å². The summed E-state index contributed by atoms with van der Waals surface area (Å²) in [6.07, 6.45) is -9.42. The van der Waals surface area contributed by atoms with Crippen molar-refractivity contribution in [1.29, 1.82) is 0 Å². The van der Waals surface area contributed by atoms with Gasteiger partial charge < -0.3 is 50.4 Å². The van der Waals surface area contributed by atoms with Crippen LogP contribution in [0.4, 0.5) is 0 Å². The van der Waals surface area contributed by atoms with E-state index in [0.717, 1.165) is 6.92 Å². The molecule has 10 nitrogen and oxygen atoms in total. The molecule has 1 unspecified atom stereocenters. The van der Waals surface area contributed by atoms with E-state index < -0.39 is 49.1 Å². The third-order valence-corrected chi connectivity index (χ3v) is 1.84. The van der Waals surface area contributed by atoms with Gasteiger partial charge in [-0.15, -0.1) is 0 Å². The maximum Gasteiger partial charge on any atom is 2.00 e. The smallest absolute Gasteiger partial charge is 0.547 e. The number of carbonyl (C=O) groups excluding carboxylic acids is 2. The van der Waals surface area contributed by atoms with E-state index in [4.69, 9.17) is 30.6 Å². The van der Waals surface area contributed by atoms with Crippen LogP contribution in [-0.2, 0) is 26.7 Å². The van der Waals surface area contributed by atoms with Gasteiger partial charge in [0, 0.05) is 0 Å². The molecule has 11 heteroatoms. The Morgan fingerprint density at radius 2 is 1.30 bits per heavy atom. The third kappa shape index (κ3) is 10.1. The predicted octanol–water partition coefficient (Wildman–Crippen LogP) is -6.71. The third-order valence-electron chi connectivity index (χ3n) is 1.84. The molecule has 0 saturated heterocycles. The van der Waals surface area contributed by atoms with Gasteiger partial charge in [0.25, 0.3) is 0 Å². The van der Waals surface area contributed by atoms with Crippen LogP contribution >= 0.6 is 0 Å². The molecule has 120 valence electrons. The van der Waals surface area contributed by atoms with E-state index in [-0.39, 0.29) is 17.1 Å². The Kier molecular flexibility index (Phi) is 14.5. The van der Waals surface area contributed by atoms with Gasteiger partial charge in [-0.05, 0) is 6.92 Å². The minimum absolute atomic E-state index is 0. The molecule has 0 fully saturated rings. The molecule has 0 amide bonds. The van der Waals surface area contributed by atoms with Crippen LogP contribution < -0.4 is 10.2 Å². The summed E-state index contributed by atoms with van der Waals surface area (Å²) >= 11 is 0. The van der Waals surface area contributed by atoms with Crippen LogP contribution in [0.3, 0.4) is 0 Å². The summed E-state index contributed by atoms with van der Waals surface area (Å²) in [4.78, 5) is 19.3. The van der Waals surface area contributed by atoms with Crippen LogP contribution in [0, 0.1) is 0 Å². The van der Waals surface area contributed by atoms with Crippen molar-refractivity contribution in [2.45, 2.75) is 37.4 Å². The van der Waals surface area contributed by atoms with Crippen molar-refractivity contribution in [2.24, 2.45) is 0 Å². The molecule has 20 heavy (non-hydrogen) atoms. The van der Waals surface area contributed by atoms with Crippen LogP contribution in [-0.4, -0.2) is 79.7 Å².